The number of carbonyl (C=O) groups is 1. The van der Waals surface area contributed by atoms with Crippen LogP contribution in [0.3, 0.4) is 0 Å². The number of nitrogens with one attached hydrogen (secondary N) is 1. The topological polar surface area (TPSA) is 41.5 Å². The Kier molecular flexibility index (Phi) is 2.10. The summed E-state index contributed by atoms with van der Waals surface area (Å²) in [7, 11) is 0. The fraction of sp³-hybridized carbons (Fsp3) is 0.846. The largest absolute Gasteiger partial charge is 0.304 e. The summed E-state index contributed by atoms with van der Waals surface area (Å²) in [5.41, 5.74) is 0.501. The van der Waals surface area contributed by atoms with Gasteiger partial charge in [0.2, 0.25) is 5.91 Å². The van der Waals surface area contributed by atoms with E-state index in [2.05, 4.69) is 33.0 Å². The molecule has 0 atom stereocenters. The Bertz CT molecular complexity index is 407. The second kappa shape index (κ2) is 3.08. The van der Waals surface area contributed by atoms with E-state index in [1.54, 1.807) is 11.8 Å². The van der Waals surface area contributed by atoms with Gasteiger partial charge in [-0.2, -0.15) is 0 Å². The average Bonchev–Trinajstić information content (AvgIpc) is 2.51. The van der Waals surface area contributed by atoms with Gasteiger partial charge in [-0.15, -0.1) is 0 Å². The summed E-state index contributed by atoms with van der Waals surface area (Å²) in [5, 5.41) is 3.83. The van der Waals surface area contributed by atoms with Crippen LogP contribution < -0.4 is 5.32 Å². The molecule has 4 heteroatoms. The first-order chi connectivity index (χ1) is 7.80. The van der Waals surface area contributed by atoms with E-state index in [4.69, 9.17) is 4.99 Å². The number of rotatable bonds is 1. The van der Waals surface area contributed by atoms with Gasteiger partial charge in [0.05, 0.1) is 6.04 Å². The molecular formula is C13H20N2OS. The predicted molar refractivity (Wildman–Crippen MR) is 71.1 cm³/mol. The third-order valence-electron chi connectivity index (χ3n) is 5.28. The fourth-order valence-electron chi connectivity index (χ4n) is 2.96. The van der Waals surface area contributed by atoms with E-state index >= 15 is 0 Å². The monoisotopic (exact) mass is 252 g/mol. The molecule has 0 bridgehead atoms. The zero-order chi connectivity index (χ0) is 12.5. The van der Waals surface area contributed by atoms with Gasteiger partial charge in [0.15, 0.2) is 5.17 Å². The SMILES string of the molecule is CC1(C)C(N=C2NC(=O)C3(CCC3)S2)C1(C)C. The lowest BCUT2D eigenvalue weighted by atomic mass is 9.84. The van der Waals surface area contributed by atoms with Crippen molar-refractivity contribution in [3.8, 4) is 0 Å². The van der Waals surface area contributed by atoms with Crippen LogP contribution in [0.2, 0.25) is 0 Å². The summed E-state index contributed by atoms with van der Waals surface area (Å²) in [6.45, 7) is 9.01. The zero-order valence-electron chi connectivity index (χ0n) is 11.0. The highest BCUT2D eigenvalue weighted by atomic mass is 32.2. The molecule has 94 valence electrons. The molecule has 0 aromatic carbocycles. The third kappa shape index (κ3) is 1.36. The van der Waals surface area contributed by atoms with Gasteiger partial charge in [-0.05, 0) is 30.1 Å². The molecule has 0 unspecified atom stereocenters. The Morgan fingerprint density at radius 1 is 1.24 bits per heavy atom. The molecule has 1 heterocycles. The first kappa shape index (κ1) is 11.6. The lowest BCUT2D eigenvalue weighted by Gasteiger charge is -2.32. The maximum absolute atomic E-state index is 11.9. The molecule has 3 rings (SSSR count). The Morgan fingerprint density at radius 2 is 1.82 bits per heavy atom. The molecule has 1 aliphatic heterocycles. The molecule has 0 radical (unpaired) electrons. The van der Waals surface area contributed by atoms with Crippen molar-refractivity contribution >= 4 is 22.8 Å². The van der Waals surface area contributed by atoms with Crippen molar-refractivity contribution in [1.82, 2.24) is 5.32 Å². The van der Waals surface area contributed by atoms with Gasteiger partial charge in [0.1, 0.15) is 4.75 Å². The van der Waals surface area contributed by atoms with Gasteiger partial charge in [-0.3, -0.25) is 9.79 Å². The molecule has 0 aromatic rings. The van der Waals surface area contributed by atoms with Crippen molar-refractivity contribution in [1.29, 1.82) is 0 Å². The molecule has 1 spiro atoms. The Balaban J connectivity index is 1.78. The minimum atomic E-state index is -0.151. The smallest absolute Gasteiger partial charge is 0.242 e. The van der Waals surface area contributed by atoms with Crippen LogP contribution in [-0.4, -0.2) is 21.9 Å². The van der Waals surface area contributed by atoms with E-state index in [0.29, 0.717) is 6.04 Å². The van der Waals surface area contributed by atoms with Gasteiger partial charge >= 0.3 is 0 Å². The molecule has 2 aliphatic carbocycles. The van der Waals surface area contributed by atoms with Crippen molar-refractivity contribution in [2.45, 2.75) is 57.7 Å². The van der Waals surface area contributed by atoms with E-state index in [9.17, 15) is 4.79 Å². The van der Waals surface area contributed by atoms with Gasteiger partial charge in [-0.1, -0.05) is 39.5 Å². The second-order valence-corrected chi connectivity index (χ2v) is 8.06. The van der Waals surface area contributed by atoms with Crippen LogP contribution in [0.4, 0.5) is 0 Å². The lowest BCUT2D eigenvalue weighted by Crippen LogP contribution is -2.42. The maximum atomic E-state index is 11.9. The summed E-state index contributed by atoms with van der Waals surface area (Å²) in [6, 6.07) is 0.341. The number of amides is 1. The minimum Gasteiger partial charge on any atom is -0.304 e. The third-order valence-corrected chi connectivity index (χ3v) is 6.66. The Hall–Kier alpha value is -0.510. The van der Waals surface area contributed by atoms with Crippen molar-refractivity contribution in [2.24, 2.45) is 15.8 Å². The normalized spacial score (nSPS) is 34.8. The van der Waals surface area contributed by atoms with Crippen molar-refractivity contribution in [3.63, 3.8) is 0 Å². The minimum absolute atomic E-state index is 0.151. The number of nitrogens with zero attached hydrogens (tertiary/aromatic N) is 1. The highest BCUT2D eigenvalue weighted by molar-refractivity contribution is 8.16. The van der Waals surface area contributed by atoms with Crippen LogP contribution in [0, 0.1) is 10.8 Å². The number of thioether (sulfide) groups is 1. The van der Waals surface area contributed by atoms with Crippen molar-refractivity contribution in [3.05, 3.63) is 0 Å². The summed E-state index contributed by atoms with van der Waals surface area (Å²) in [5.74, 6) is 0.184. The second-order valence-electron chi connectivity index (χ2n) is 6.68. The first-order valence-electron chi connectivity index (χ1n) is 6.38. The van der Waals surface area contributed by atoms with Crippen LogP contribution in [0.25, 0.3) is 0 Å². The summed E-state index contributed by atoms with van der Waals surface area (Å²) in [6.07, 6.45) is 3.20. The molecular weight excluding hydrogens is 232 g/mol. The number of carbonyl (C=O) groups excluding carboxylic acids is 1. The van der Waals surface area contributed by atoms with E-state index in [0.717, 1.165) is 18.0 Å². The van der Waals surface area contributed by atoms with Crippen LogP contribution in [0.1, 0.15) is 47.0 Å². The number of aliphatic imine (C=N–C) groups is 1. The molecule has 2 saturated carbocycles. The van der Waals surface area contributed by atoms with E-state index in [1.165, 1.54) is 6.42 Å². The molecule has 1 saturated heterocycles. The highest BCUT2D eigenvalue weighted by Crippen LogP contribution is 2.65. The number of hydrogen-bond acceptors (Lipinski definition) is 3. The fourth-order valence-corrected chi connectivity index (χ4v) is 4.26. The molecule has 1 N–H and O–H groups in total. The lowest BCUT2D eigenvalue weighted by molar-refractivity contribution is -0.123. The standard InChI is InChI=1S/C13H20N2OS/c1-11(2)8(12(11,3)4)14-10-15-9(16)13(17-10)6-5-7-13/h8H,5-7H2,1-4H3,(H,14,15,16). The first-order valence-corrected chi connectivity index (χ1v) is 7.20. The maximum Gasteiger partial charge on any atom is 0.242 e. The molecule has 3 nitrogen and oxygen atoms in total. The Labute approximate surface area is 107 Å². The highest BCUT2D eigenvalue weighted by Gasteiger charge is 2.65. The van der Waals surface area contributed by atoms with Crippen molar-refractivity contribution in [2.75, 3.05) is 0 Å². The van der Waals surface area contributed by atoms with Gasteiger partial charge in [0, 0.05) is 0 Å². The summed E-state index contributed by atoms with van der Waals surface area (Å²) in [4.78, 5) is 16.7. The number of hydrogen-bond donors (Lipinski definition) is 1. The van der Waals surface area contributed by atoms with Crippen LogP contribution >= 0.6 is 11.8 Å². The van der Waals surface area contributed by atoms with Crippen LogP contribution in [-0.2, 0) is 4.79 Å². The number of amidine groups is 1. The van der Waals surface area contributed by atoms with E-state index < -0.39 is 0 Å². The summed E-state index contributed by atoms with van der Waals surface area (Å²) < 4.78 is -0.151. The molecule has 17 heavy (non-hydrogen) atoms. The van der Waals surface area contributed by atoms with Crippen LogP contribution in [0.15, 0.2) is 4.99 Å². The predicted octanol–water partition coefficient (Wildman–Crippen LogP) is 2.56. The molecule has 3 fully saturated rings. The quantitative estimate of drug-likeness (QED) is 0.779. The van der Waals surface area contributed by atoms with Crippen LogP contribution in [0.5, 0.6) is 0 Å². The molecule has 3 aliphatic rings. The van der Waals surface area contributed by atoms with E-state index in [1.807, 2.05) is 0 Å². The average molecular weight is 252 g/mol. The van der Waals surface area contributed by atoms with Gasteiger partial charge in [0.25, 0.3) is 0 Å². The molecule has 0 aromatic heterocycles. The van der Waals surface area contributed by atoms with Gasteiger partial charge in [-0.25, -0.2) is 0 Å². The molecule has 1 amide bonds. The van der Waals surface area contributed by atoms with Crippen molar-refractivity contribution < 1.29 is 4.79 Å². The summed E-state index contributed by atoms with van der Waals surface area (Å²) >= 11 is 1.67. The van der Waals surface area contributed by atoms with E-state index in [-0.39, 0.29) is 21.5 Å². The van der Waals surface area contributed by atoms with Gasteiger partial charge < -0.3 is 5.32 Å². The Morgan fingerprint density at radius 3 is 2.18 bits per heavy atom. The zero-order valence-corrected chi connectivity index (χ0v) is 11.8.